The van der Waals surface area contributed by atoms with Crippen LogP contribution in [0.5, 0.6) is 0 Å². The molecule has 1 aliphatic rings. The molecule has 0 spiro atoms. The molecule has 108 valence electrons. The number of nitrogens with zero attached hydrogens (tertiary/aromatic N) is 1. The van der Waals surface area contributed by atoms with Crippen LogP contribution in [0.1, 0.15) is 63.4 Å². The Morgan fingerprint density at radius 1 is 1.37 bits per heavy atom. The Morgan fingerprint density at radius 2 is 2.11 bits per heavy atom. The highest BCUT2D eigenvalue weighted by molar-refractivity contribution is 5.26. The van der Waals surface area contributed by atoms with E-state index in [4.69, 9.17) is 0 Å². The minimum Gasteiger partial charge on any atom is -0.349 e. The highest BCUT2D eigenvalue weighted by atomic mass is 15.0. The van der Waals surface area contributed by atoms with Gasteiger partial charge in [-0.05, 0) is 57.1 Å². The molecule has 1 aromatic rings. The van der Waals surface area contributed by atoms with E-state index in [2.05, 4.69) is 50.6 Å². The van der Waals surface area contributed by atoms with Crippen LogP contribution in [0.3, 0.4) is 0 Å². The second kappa shape index (κ2) is 5.70. The molecule has 0 amide bonds. The SMILES string of the molecule is CCn1c(C)cc(CNC2CCCC(C)(C)C2)c1C. The number of hydrogen-bond acceptors (Lipinski definition) is 1. The van der Waals surface area contributed by atoms with Crippen molar-refractivity contribution in [3.05, 3.63) is 23.0 Å². The zero-order valence-electron chi connectivity index (χ0n) is 13.3. The Kier molecular flexibility index (Phi) is 4.39. The van der Waals surface area contributed by atoms with Crippen LogP contribution in [-0.2, 0) is 13.1 Å². The molecule has 1 aliphatic carbocycles. The molecule has 2 heteroatoms. The van der Waals surface area contributed by atoms with Gasteiger partial charge in [0, 0.05) is 30.5 Å². The van der Waals surface area contributed by atoms with Crippen molar-refractivity contribution in [1.82, 2.24) is 9.88 Å². The normalized spacial score (nSPS) is 22.7. The Bertz CT molecular complexity index is 429. The predicted molar refractivity (Wildman–Crippen MR) is 82.5 cm³/mol. The molecule has 2 nitrogen and oxygen atoms in total. The summed E-state index contributed by atoms with van der Waals surface area (Å²) >= 11 is 0. The molecule has 1 aromatic heterocycles. The van der Waals surface area contributed by atoms with E-state index in [9.17, 15) is 0 Å². The standard InChI is InChI=1S/C17H30N2/c1-6-19-13(2)10-15(14(19)3)12-18-16-8-7-9-17(4,5)11-16/h10,16,18H,6-9,11-12H2,1-5H3. The Labute approximate surface area is 118 Å². The largest absolute Gasteiger partial charge is 0.349 e. The van der Waals surface area contributed by atoms with Gasteiger partial charge >= 0.3 is 0 Å². The van der Waals surface area contributed by atoms with Gasteiger partial charge in [0.2, 0.25) is 0 Å². The summed E-state index contributed by atoms with van der Waals surface area (Å²) in [6, 6.07) is 3.05. The van der Waals surface area contributed by atoms with E-state index < -0.39 is 0 Å². The van der Waals surface area contributed by atoms with Crippen LogP contribution < -0.4 is 5.32 Å². The van der Waals surface area contributed by atoms with E-state index in [1.165, 1.54) is 42.6 Å². The highest BCUT2D eigenvalue weighted by Crippen LogP contribution is 2.35. The van der Waals surface area contributed by atoms with Gasteiger partial charge in [-0.2, -0.15) is 0 Å². The smallest absolute Gasteiger partial charge is 0.0225 e. The summed E-state index contributed by atoms with van der Waals surface area (Å²) in [4.78, 5) is 0. The fraction of sp³-hybridized carbons (Fsp3) is 0.765. The van der Waals surface area contributed by atoms with Crippen LogP contribution >= 0.6 is 0 Å². The second-order valence-corrected chi connectivity index (χ2v) is 6.98. The van der Waals surface area contributed by atoms with Crippen LogP contribution in [0.15, 0.2) is 6.07 Å². The number of nitrogens with one attached hydrogen (secondary N) is 1. The first-order chi connectivity index (χ1) is 8.93. The molecule has 19 heavy (non-hydrogen) atoms. The topological polar surface area (TPSA) is 17.0 Å². The highest BCUT2D eigenvalue weighted by Gasteiger charge is 2.27. The molecule has 1 fully saturated rings. The third kappa shape index (κ3) is 3.42. The van der Waals surface area contributed by atoms with E-state index in [1.54, 1.807) is 0 Å². The monoisotopic (exact) mass is 262 g/mol. The summed E-state index contributed by atoms with van der Waals surface area (Å²) in [6.07, 6.45) is 5.42. The molecule has 2 rings (SSSR count). The molecular weight excluding hydrogens is 232 g/mol. The Hall–Kier alpha value is -0.760. The van der Waals surface area contributed by atoms with E-state index in [-0.39, 0.29) is 0 Å². The zero-order valence-corrected chi connectivity index (χ0v) is 13.3. The molecule has 1 atom stereocenters. The number of rotatable bonds is 4. The lowest BCUT2D eigenvalue weighted by molar-refractivity contribution is 0.197. The molecule has 0 saturated heterocycles. The van der Waals surface area contributed by atoms with Crippen molar-refractivity contribution < 1.29 is 0 Å². The van der Waals surface area contributed by atoms with Crippen molar-refractivity contribution in [2.75, 3.05) is 0 Å². The van der Waals surface area contributed by atoms with Gasteiger partial charge in [-0.25, -0.2) is 0 Å². The van der Waals surface area contributed by atoms with Crippen molar-refractivity contribution in [2.45, 2.75) is 79.4 Å². The Morgan fingerprint density at radius 3 is 2.68 bits per heavy atom. The van der Waals surface area contributed by atoms with Crippen LogP contribution in [0, 0.1) is 19.3 Å². The maximum Gasteiger partial charge on any atom is 0.0225 e. The van der Waals surface area contributed by atoms with E-state index in [0.29, 0.717) is 11.5 Å². The van der Waals surface area contributed by atoms with Gasteiger partial charge < -0.3 is 9.88 Å². The number of aromatic nitrogens is 1. The van der Waals surface area contributed by atoms with E-state index in [1.807, 2.05) is 0 Å². The molecule has 0 radical (unpaired) electrons. The minimum absolute atomic E-state index is 0.524. The maximum absolute atomic E-state index is 3.79. The number of aryl methyl sites for hydroxylation is 1. The van der Waals surface area contributed by atoms with E-state index >= 15 is 0 Å². The quantitative estimate of drug-likeness (QED) is 0.861. The lowest BCUT2D eigenvalue weighted by atomic mass is 9.75. The summed E-state index contributed by atoms with van der Waals surface area (Å²) in [5.41, 5.74) is 4.82. The zero-order chi connectivity index (χ0) is 14.0. The first-order valence-corrected chi connectivity index (χ1v) is 7.82. The summed E-state index contributed by atoms with van der Waals surface area (Å²) in [6.45, 7) is 13.6. The van der Waals surface area contributed by atoms with Crippen LogP contribution in [0.4, 0.5) is 0 Å². The first kappa shape index (κ1) is 14.6. The molecule has 1 N–H and O–H groups in total. The summed E-state index contributed by atoms with van der Waals surface area (Å²) < 4.78 is 2.40. The van der Waals surface area contributed by atoms with Crippen molar-refractivity contribution in [3.8, 4) is 0 Å². The van der Waals surface area contributed by atoms with Crippen molar-refractivity contribution in [3.63, 3.8) is 0 Å². The molecule has 0 aromatic carbocycles. The third-order valence-corrected chi connectivity index (χ3v) is 4.78. The molecule has 0 aliphatic heterocycles. The number of hydrogen-bond donors (Lipinski definition) is 1. The predicted octanol–water partition coefficient (Wildman–Crippen LogP) is 4.18. The average Bonchev–Trinajstić information content (AvgIpc) is 2.60. The van der Waals surface area contributed by atoms with Crippen molar-refractivity contribution >= 4 is 0 Å². The third-order valence-electron chi connectivity index (χ3n) is 4.78. The molecular formula is C17H30N2. The fourth-order valence-electron chi connectivity index (χ4n) is 3.66. The summed E-state index contributed by atoms with van der Waals surface area (Å²) in [5, 5.41) is 3.79. The van der Waals surface area contributed by atoms with Gasteiger partial charge in [0.25, 0.3) is 0 Å². The summed E-state index contributed by atoms with van der Waals surface area (Å²) in [5.74, 6) is 0. The van der Waals surface area contributed by atoms with Gasteiger partial charge in [0.05, 0.1) is 0 Å². The van der Waals surface area contributed by atoms with Gasteiger partial charge in [-0.3, -0.25) is 0 Å². The second-order valence-electron chi connectivity index (χ2n) is 6.98. The maximum atomic E-state index is 3.79. The molecule has 0 bridgehead atoms. The van der Waals surface area contributed by atoms with Gasteiger partial charge in [-0.15, -0.1) is 0 Å². The van der Waals surface area contributed by atoms with Crippen molar-refractivity contribution in [1.29, 1.82) is 0 Å². The lowest BCUT2D eigenvalue weighted by Crippen LogP contribution is -2.36. The van der Waals surface area contributed by atoms with Crippen LogP contribution in [-0.4, -0.2) is 10.6 Å². The van der Waals surface area contributed by atoms with Crippen molar-refractivity contribution in [2.24, 2.45) is 5.41 Å². The average molecular weight is 262 g/mol. The lowest BCUT2D eigenvalue weighted by Gasteiger charge is -2.35. The molecule has 1 heterocycles. The van der Waals surface area contributed by atoms with Crippen LogP contribution in [0.2, 0.25) is 0 Å². The Balaban J connectivity index is 1.95. The van der Waals surface area contributed by atoms with Crippen LogP contribution in [0.25, 0.3) is 0 Å². The first-order valence-electron chi connectivity index (χ1n) is 7.82. The summed E-state index contributed by atoms with van der Waals surface area (Å²) in [7, 11) is 0. The fourth-order valence-corrected chi connectivity index (χ4v) is 3.66. The van der Waals surface area contributed by atoms with E-state index in [0.717, 1.165) is 13.1 Å². The minimum atomic E-state index is 0.524. The van der Waals surface area contributed by atoms with Gasteiger partial charge in [-0.1, -0.05) is 20.3 Å². The van der Waals surface area contributed by atoms with Gasteiger partial charge in [0.15, 0.2) is 0 Å². The molecule has 1 unspecified atom stereocenters. The molecule has 1 saturated carbocycles. The van der Waals surface area contributed by atoms with Gasteiger partial charge in [0.1, 0.15) is 0 Å².